The van der Waals surface area contributed by atoms with Crippen molar-refractivity contribution in [2.75, 3.05) is 19.7 Å². The molecule has 0 saturated carbocycles. The molecule has 1 rings (SSSR count). The quantitative estimate of drug-likeness (QED) is 0.717. The van der Waals surface area contributed by atoms with Crippen molar-refractivity contribution in [1.82, 2.24) is 10.2 Å². The summed E-state index contributed by atoms with van der Waals surface area (Å²) in [6.45, 7) is 7.88. The first-order valence-corrected chi connectivity index (χ1v) is 8.65. The standard InChI is InChI=1S/C19H28N2O5/c1-5-21(13-15-9-7-6-8-10-15)16(22)14-25-17(23)11-12-20-18(24)26-19(2,3)4/h6-10H,5,11-14H2,1-4H3,(H,20,24). The summed E-state index contributed by atoms with van der Waals surface area (Å²) in [5, 5.41) is 2.47. The zero-order chi connectivity index (χ0) is 19.6. The van der Waals surface area contributed by atoms with Crippen molar-refractivity contribution >= 4 is 18.0 Å². The highest BCUT2D eigenvalue weighted by Gasteiger charge is 2.17. The van der Waals surface area contributed by atoms with Crippen molar-refractivity contribution in [3.05, 3.63) is 35.9 Å². The van der Waals surface area contributed by atoms with E-state index in [4.69, 9.17) is 9.47 Å². The minimum atomic E-state index is -0.598. The summed E-state index contributed by atoms with van der Waals surface area (Å²) in [6, 6.07) is 9.60. The largest absolute Gasteiger partial charge is 0.456 e. The highest BCUT2D eigenvalue weighted by molar-refractivity contribution is 5.80. The Bertz CT molecular complexity index is 596. The minimum Gasteiger partial charge on any atom is -0.456 e. The molecular weight excluding hydrogens is 336 g/mol. The maximum atomic E-state index is 12.2. The molecule has 1 N–H and O–H groups in total. The molecule has 0 aliphatic rings. The van der Waals surface area contributed by atoms with Gasteiger partial charge in [-0.1, -0.05) is 30.3 Å². The molecule has 144 valence electrons. The molecule has 0 atom stereocenters. The van der Waals surface area contributed by atoms with Crippen LogP contribution >= 0.6 is 0 Å². The van der Waals surface area contributed by atoms with Gasteiger partial charge in [0.2, 0.25) is 0 Å². The third-order valence-electron chi connectivity index (χ3n) is 3.30. The summed E-state index contributed by atoms with van der Waals surface area (Å²) in [4.78, 5) is 37.0. The van der Waals surface area contributed by atoms with Crippen LogP contribution in [-0.4, -0.2) is 48.2 Å². The zero-order valence-corrected chi connectivity index (χ0v) is 15.9. The number of esters is 1. The van der Waals surface area contributed by atoms with Crippen LogP contribution in [-0.2, 0) is 25.6 Å². The number of likely N-dealkylation sites (N-methyl/N-ethyl adjacent to an activating group) is 1. The Morgan fingerprint density at radius 2 is 1.77 bits per heavy atom. The van der Waals surface area contributed by atoms with Gasteiger partial charge in [-0.05, 0) is 33.3 Å². The molecule has 0 spiro atoms. The van der Waals surface area contributed by atoms with Gasteiger partial charge in [-0.25, -0.2) is 4.79 Å². The van der Waals surface area contributed by atoms with E-state index < -0.39 is 17.7 Å². The number of amides is 2. The molecule has 0 aliphatic carbocycles. The second kappa shape index (κ2) is 10.4. The van der Waals surface area contributed by atoms with Gasteiger partial charge in [-0.15, -0.1) is 0 Å². The molecule has 1 aromatic rings. The van der Waals surface area contributed by atoms with E-state index in [2.05, 4.69) is 5.32 Å². The van der Waals surface area contributed by atoms with Gasteiger partial charge in [0.15, 0.2) is 6.61 Å². The second-order valence-corrected chi connectivity index (χ2v) is 6.73. The van der Waals surface area contributed by atoms with Crippen LogP contribution in [0.25, 0.3) is 0 Å². The fraction of sp³-hybridized carbons (Fsp3) is 0.526. The number of nitrogens with one attached hydrogen (secondary N) is 1. The Kier molecular flexibility index (Phi) is 8.61. The van der Waals surface area contributed by atoms with E-state index in [1.165, 1.54) is 0 Å². The van der Waals surface area contributed by atoms with Gasteiger partial charge in [0.25, 0.3) is 5.91 Å². The Morgan fingerprint density at radius 1 is 1.12 bits per heavy atom. The molecule has 0 radical (unpaired) electrons. The van der Waals surface area contributed by atoms with E-state index >= 15 is 0 Å². The number of hydrogen-bond acceptors (Lipinski definition) is 5. The summed E-state index contributed by atoms with van der Waals surface area (Å²) in [7, 11) is 0. The lowest BCUT2D eigenvalue weighted by molar-refractivity contribution is -0.152. The summed E-state index contributed by atoms with van der Waals surface area (Å²) in [6.07, 6.45) is -0.626. The number of ether oxygens (including phenoxy) is 2. The number of hydrogen-bond donors (Lipinski definition) is 1. The number of carbonyl (C=O) groups excluding carboxylic acids is 3. The molecule has 0 heterocycles. The third kappa shape index (κ3) is 9.05. The van der Waals surface area contributed by atoms with E-state index in [0.717, 1.165) is 5.56 Å². The van der Waals surface area contributed by atoms with Crippen molar-refractivity contribution in [2.24, 2.45) is 0 Å². The van der Waals surface area contributed by atoms with Crippen molar-refractivity contribution < 1.29 is 23.9 Å². The lowest BCUT2D eigenvalue weighted by Crippen LogP contribution is -2.35. The van der Waals surface area contributed by atoms with Crippen LogP contribution < -0.4 is 5.32 Å². The highest BCUT2D eigenvalue weighted by Crippen LogP contribution is 2.06. The summed E-state index contributed by atoms with van der Waals surface area (Å²) in [5.41, 5.74) is 0.412. The molecular formula is C19H28N2O5. The average Bonchev–Trinajstić information content (AvgIpc) is 2.57. The van der Waals surface area contributed by atoms with Gasteiger partial charge in [-0.2, -0.15) is 0 Å². The first kappa shape index (κ1) is 21.5. The van der Waals surface area contributed by atoms with Gasteiger partial charge < -0.3 is 19.7 Å². The monoisotopic (exact) mass is 364 g/mol. The number of nitrogens with zero attached hydrogens (tertiary/aromatic N) is 1. The maximum absolute atomic E-state index is 12.2. The molecule has 2 amide bonds. The Balaban J connectivity index is 2.30. The smallest absolute Gasteiger partial charge is 0.407 e. The first-order chi connectivity index (χ1) is 12.2. The SMILES string of the molecule is CCN(Cc1ccccc1)C(=O)COC(=O)CCNC(=O)OC(C)(C)C. The molecule has 0 aromatic heterocycles. The molecule has 1 aromatic carbocycles. The van der Waals surface area contributed by atoms with E-state index in [1.54, 1.807) is 25.7 Å². The Morgan fingerprint density at radius 3 is 2.35 bits per heavy atom. The summed E-state index contributed by atoms with van der Waals surface area (Å²) >= 11 is 0. The van der Waals surface area contributed by atoms with Crippen LogP contribution in [0, 0.1) is 0 Å². The minimum absolute atomic E-state index is 0.0304. The first-order valence-electron chi connectivity index (χ1n) is 8.65. The van der Waals surface area contributed by atoms with Crippen molar-refractivity contribution in [1.29, 1.82) is 0 Å². The fourth-order valence-corrected chi connectivity index (χ4v) is 2.07. The number of benzene rings is 1. The lowest BCUT2D eigenvalue weighted by atomic mass is 10.2. The molecule has 7 heteroatoms. The second-order valence-electron chi connectivity index (χ2n) is 6.73. The van der Waals surface area contributed by atoms with Crippen molar-refractivity contribution in [3.63, 3.8) is 0 Å². The third-order valence-corrected chi connectivity index (χ3v) is 3.30. The fourth-order valence-electron chi connectivity index (χ4n) is 2.07. The van der Waals surface area contributed by atoms with Gasteiger partial charge in [0.1, 0.15) is 5.60 Å². The highest BCUT2D eigenvalue weighted by atomic mass is 16.6. The molecule has 0 bridgehead atoms. The number of alkyl carbamates (subject to hydrolysis) is 1. The van der Waals surface area contributed by atoms with Gasteiger partial charge in [0.05, 0.1) is 6.42 Å². The van der Waals surface area contributed by atoms with Crippen molar-refractivity contribution in [3.8, 4) is 0 Å². The van der Waals surface area contributed by atoms with Gasteiger partial charge in [0, 0.05) is 19.6 Å². The average molecular weight is 364 g/mol. The molecule has 0 aliphatic heterocycles. The van der Waals surface area contributed by atoms with Crippen LogP contribution in [0.15, 0.2) is 30.3 Å². The molecule has 7 nitrogen and oxygen atoms in total. The van der Waals surface area contributed by atoms with E-state index in [1.807, 2.05) is 37.3 Å². The summed E-state index contributed by atoms with van der Waals surface area (Å²) < 4.78 is 10.0. The Labute approximate surface area is 154 Å². The molecule has 0 unspecified atom stereocenters. The molecule has 0 saturated heterocycles. The molecule has 0 fully saturated rings. The summed E-state index contributed by atoms with van der Waals surface area (Å²) in [5.74, 6) is -0.810. The lowest BCUT2D eigenvalue weighted by Gasteiger charge is -2.21. The van der Waals surface area contributed by atoms with Crippen LogP contribution in [0.1, 0.15) is 39.7 Å². The van der Waals surface area contributed by atoms with E-state index in [9.17, 15) is 14.4 Å². The van der Waals surface area contributed by atoms with Crippen LogP contribution in [0.2, 0.25) is 0 Å². The topological polar surface area (TPSA) is 84.9 Å². The predicted octanol–water partition coefficient (Wildman–Crippen LogP) is 2.49. The van der Waals surface area contributed by atoms with E-state index in [-0.39, 0.29) is 25.5 Å². The normalized spacial score (nSPS) is 10.8. The van der Waals surface area contributed by atoms with E-state index in [0.29, 0.717) is 13.1 Å². The van der Waals surface area contributed by atoms with Gasteiger partial charge in [-0.3, -0.25) is 9.59 Å². The van der Waals surface area contributed by atoms with Crippen molar-refractivity contribution in [2.45, 2.75) is 46.3 Å². The van der Waals surface area contributed by atoms with Crippen LogP contribution in [0.3, 0.4) is 0 Å². The molecule has 26 heavy (non-hydrogen) atoms. The maximum Gasteiger partial charge on any atom is 0.407 e. The number of carbonyl (C=O) groups is 3. The van der Waals surface area contributed by atoms with Crippen LogP contribution in [0.5, 0.6) is 0 Å². The van der Waals surface area contributed by atoms with Gasteiger partial charge >= 0.3 is 12.1 Å². The predicted molar refractivity (Wildman–Crippen MR) is 97.3 cm³/mol. The zero-order valence-electron chi connectivity index (χ0n) is 15.9. The number of rotatable bonds is 8. The van der Waals surface area contributed by atoms with Crippen LogP contribution in [0.4, 0.5) is 4.79 Å². The Hall–Kier alpha value is -2.57.